The summed E-state index contributed by atoms with van der Waals surface area (Å²) in [7, 11) is -3.26. The predicted molar refractivity (Wildman–Crippen MR) is 51.1 cm³/mol. The number of rotatable bonds is 4. The lowest BCUT2D eigenvalue weighted by Crippen LogP contribution is -2.53. The summed E-state index contributed by atoms with van der Waals surface area (Å²) in [6.45, 7) is 3.16. The van der Waals surface area contributed by atoms with Gasteiger partial charge < -0.3 is 5.73 Å². The van der Waals surface area contributed by atoms with Crippen molar-refractivity contribution in [3.8, 4) is 0 Å². The van der Waals surface area contributed by atoms with E-state index in [1.807, 2.05) is 0 Å². The summed E-state index contributed by atoms with van der Waals surface area (Å²) >= 11 is 0. The molecule has 1 aliphatic rings. The van der Waals surface area contributed by atoms with Gasteiger partial charge in [-0.1, -0.05) is 0 Å². The maximum Gasteiger partial charge on any atom is 0.215 e. The Hall–Kier alpha value is -0.620. The third-order valence-electron chi connectivity index (χ3n) is 2.03. The zero-order chi connectivity index (χ0) is 10.3. The van der Waals surface area contributed by atoms with Crippen molar-refractivity contribution in [2.24, 2.45) is 5.73 Å². The number of hydrogen-bond donors (Lipinski definition) is 3. The summed E-state index contributed by atoms with van der Waals surface area (Å²) in [5, 5.41) is 6.92. The molecule has 0 aliphatic heterocycles. The Kier molecular flexibility index (Phi) is 2.38. The lowest BCUT2D eigenvalue weighted by Gasteiger charge is -2.24. The molecule has 0 spiro atoms. The van der Waals surface area contributed by atoms with Gasteiger partial charge in [0.05, 0.1) is 10.8 Å². The van der Waals surface area contributed by atoms with Gasteiger partial charge in [-0.05, 0) is 26.7 Å². The Morgan fingerprint density at radius 3 is 2.31 bits per heavy atom. The molecule has 5 nitrogen and oxygen atoms in total. The van der Waals surface area contributed by atoms with Crippen molar-refractivity contribution < 1.29 is 8.42 Å². The van der Waals surface area contributed by atoms with Gasteiger partial charge in [-0.2, -0.15) is 0 Å². The molecule has 0 amide bonds. The molecule has 4 N–H and O–H groups in total. The fourth-order valence-electron chi connectivity index (χ4n) is 0.872. The predicted octanol–water partition coefficient (Wildman–Crippen LogP) is -0.217. The molecule has 0 aromatic carbocycles. The van der Waals surface area contributed by atoms with Gasteiger partial charge in [0.25, 0.3) is 0 Å². The van der Waals surface area contributed by atoms with E-state index in [0.717, 1.165) is 0 Å². The van der Waals surface area contributed by atoms with E-state index in [1.165, 1.54) is 0 Å². The van der Waals surface area contributed by atoms with Crippen LogP contribution in [-0.4, -0.2) is 25.0 Å². The first kappa shape index (κ1) is 10.5. The molecule has 0 unspecified atom stereocenters. The topological polar surface area (TPSA) is 96.0 Å². The van der Waals surface area contributed by atoms with Gasteiger partial charge in [-0.25, -0.2) is 13.1 Å². The molecule has 76 valence electrons. The molecule has 1 rings (SSSR count). The molecule has 1 saturated carbocycles. The van der Waals surface area contributed by atoms with Crippen LogP contribution >= 0.6 is 0 Å². The Bertz CT molecular complexity index is 317. The molecule has 1 aliphatic carbocycles. The fraction of sp³-hybridized carbons (Fsp3) is 0.857. The number of hydrogen-bond acceptors (Lipinski definition) is 3. The van der Waals surface area contributed by atoms with Crippen LogP contribution in [0.4, 0.5) is 0 Å². The maximum atomic E-state index is 11.4. The molecular formula is C7H15N3O2S. The highest BCUT2D eigenvalue weighted by Gasteiger charge is 2.39. The van der Waals surface area contributed by atoms with Crippen molar-refractivity contribution in [1.82, 2.24) is 4.72 Å². The molecule has 0 atom stereocenters. The van der Waals surface area contributed by atoms with Gasteiger partial charge in [-0.3, -0.25) is 5.41 Å². The average Bonchev–Trinajstić information content (AvgIpc) is 2.63. The van der Waals surface area contributed by atoms with Gasteiger partial charge in [0, 0.05) is 0 Å². The number of sulfonamides is 1. The normalized spacial score (nSPS) is 18.6. The number of amidine groups is 1. The molecule has 0 radical (unpaired) electrons. The van der Waals surface area contributed by atoms with Crippen molar-refractivity contribution in [3.05, 3.63) is 0 Å². The van der Waals surface area contributed by atoms with E-state index in [1.54, 1.807) is 13.8 Å². The van der Waals surface area contributed by atoms with Crippen molar-refractivity contribution >= 4 is 15.9 Å². The Morgan fingerprint density at radius 1 is 1.54 bits per heavy atom. The monoisotopic (exact) mass is 205 g/mol. The second-order valence-corrected chi connectivity index (χ2v) is 5.85. The van der Waals surface area contributed by atoms with Gasteiger partial charge in [0.2, 0.25) is 10.0 Å². The minimum Gasteiger partial charge on any atom is -0.386 e. The van der Waals surface area contributed by atoms with Gasteiger partial charge in [-0.15, -0.1) is 0 Å². The van der Waals surface area contributed by atoms with E-state index in [4.69, 9.17) is 11.1 Å². The Labute approximate surface area is 78.3 Å². The van der Waals surface area contributed by atoms with E-state index in [-0.39, 0.29) is 11.1 Å². The summed E-state index contributed by atoms with van der Waals surface area (Å²) in [5.74, 6) is -0.170. The molecule has 0 bridgehead atoms. The van der Waals surface area contributed by atoms with E-state index in [0.29, 0.717) is 12.8 Å². The molecule has 0 aromatic heterocycles. The minimum absolute atomic E-state index is 0.170. The molecule has 13 heavy (non-hydrogen) atoms. The van der Waals surface area contributed by atoms with Crippen LogP contribution < -0.4 is 10.5 Å². The first-order chi connectivity index (χ1) is 5.76. The highest BCUT2D eigenvalue weighted by atomic mass is 32.2. The summed E-state index contributed by atoms with van der Waals surface area (Å²) in [5.41, 5.74) is 4.28. The van der Waals surface area contributed by atoms with E-state index >= 15 is 0 Å². The molecule has 0 aromatic rings. The molecule has 6 heteroatoms. The summed E-state index contributed by atoms with van der Waals surface area (Å²) in [4.78, 5) is 0. The first-order valence-corrected chi connectivity index (χ1v) is 5.67. The second-order valence-electron chi connectivity index (χ2n) is 3.89. The molecule has 1 fully saturated rings. The largest absolute Gasteiger partial charge is 0.386 e. The van der Waals surface area contributed by atoms with Crippen molar-refractivity contribution in [3.63, 3.8) is 0 Å². The molecular weight excluding hydrogens is 190 g/mol. The average molecular weight is 205 g/mol. The SMILES string of the molecule is CC(C)(NS(=O)(=O)C1CC1)C(=N)N. The van der Waals surface area contributed by atoms with Crippen LogP contribution in [0.2, 0.25) is 0 Å². The van der Waals surface area contributed by atoms with Crippen molar-refractivity contribution in [2.45, 2.75) is 37.5 Å². The van der Waals surface area contributed by atoms with Crippen LogP contribution in [0.1, 0.15) is 26.7 Å². The van der Waals surface area contributed by atoms with Crippen LogP contribution in [0, 0.1) is 5.41 Å². The van der Waals surface area contributed by atoms with Crippen LogP contribution in [0.25, 0.3) is 0 Å². The van der Waals surface area contributed by atoms with Crippen molar-refractivity contribution in [1.29, 1.82) is 5.41 Å². The maximum absolute atomic E-state index is 11.4. The van der Waals surface area contributed by atoms with E-state index < -0.39 is 15.6 Å². The quantitative estimate of drug-likeness (QED) is 0.437. The minimum atomic E-state index is -3.26. The second kappa shape index (κ2) is 2.95. The Balaban J connectivity index is 2.72. The third kappa shape index (κ3) is 2.41. The molecule has 0 saturated heterocycles. The zero-order valence-corrected chi connectivity index (χ0v) is 8.61. The standard InChI is InChI=1S/C7H15N3O2S/c1-7(2,6(8)9)10-13(11,12)5-3-4-5/h5,10H,3-4H2,1-2H3,(H3,8,9). The summed E-state index contributed by atoms with van der Waals surface area (Å²) < 4.78 is 25.3. The van der Waals surface area contributed by atoms with Crippen molar-refractivity contribution in [2.75, 3.05) is 0 Å². The summed E-state index contributed by atoms with van der Waals surface area (Å²) in [6, 6.07) is 0. The van der Waals surface area contributed by atoms with Crippen LogP contribution in [0.3, 0.4) is 0 Å². The van der Waals surface area contributed by atoms with Gasteiger partial charge in [0.15, 0.2) is 0 Å². The van der Waals surface area contributed by atoms with Crippen LogP contribution in [0.15, 0.2) is 0 Å². The van der Waals surface area contributed by atoms with E-state index in [9.17, 15) is 8.42 Å². The van der Waals surface area contributed by atoms with Crippen LogP contribution in [0.5, 0.6) is 0 Å². The summed E-state index contributed by atoms with van der Waals surface area (Å²) in [6.07, 6.45) is 1.42. The lowest BCUT2D eigenvalue weighted by atomic mass is 10.1. The third-order valence-corrected chi connectivity index (χ3v) is 4.18. The fourth-order valence-corrected chi connectivity index (χ4v) is 2.62. The lowest BCUT2D eigenvalue weighted by molar-refractivity contribution is 0.541. The Morgan fingerprint density at radius 2 is 2.00 bits per heavy atom. The smallest absolute Gasteiger partial charge is 0.215 e. The van der Waals surface area contributed by atoms with Gasteiger partial charge >= 0.3 is 0 Å². The zero-order valence-electron chi connectivity index (χ0n) is 7.79. The highest BCUT2D eigenvalue weighted by molar-refractivity contribution is 7.90. The number of nitrogens with one attached hydrogen (secondary N) is 2. The van der Waals surface area contributed by atoms with Crippen LogP contribution in [-0.2, 0) is 10.0 Å². The van der Waals surface area contributed by atoms with Gasteiger partial charge in [0.1, 0.15) is 5.84 Å². The van der Waals surface area contributed by atoms with E-state index in [2.05, 4.69) is 4.72 Å². The molecule has 0 heterocycles. The number of nitrogens with two attached hydrogens (primary N) is 1. The first-order valence-electron chi connectivity index (χ1n) is 4.13. The highest BCUT2D eigenvalue weighted by Crippen LogP contribution is 2.28.